The molecule has 0 saturated heterocycles. The second-order valence-electron chi connectivity index (χ2n) is 3.21. The zero-order chi connectivity index (χ0) is 6.97. The van der Waals surface area contributed by atoms with Gasteiger partial charge in [0.2, 0.25) is 0 Å². The zero-order valence-corrected chi connectivity index (χ0v) is 5.77. The minimum Gasteiger partial charge on any atom is -0.411 e. The molecule has 1 fully saturated rings. The maximum atomic E-state index is 8.30. The Morgan fingerprint density at radius 1 is 1.40 bits per heavy atom. The number of rotatable bonds is 1. The molecular weight excluding hydrogens is 126 g/mol. The number of oxime groups is 1. The lowest BCUT2D eigenvalue weighted by Gasteiger charge is -2.10. The summed E-state index contributed by atoms with van der Waals surface area (Å²) in [7, 11) is 0. The first kappa shape index (κ1) is 5.96. The lowest BCUT2D eigenvalue weighted by molar-refractivity contribution is 0.316. The van der Waals surface area contributed by atoms with Gasteiger partial charge in [0.1, 0.15) is 0 Å². The second-order valence-corrected chi connectivity index (χ2v) is 3.21. The van der Waals surface area contributed by atoms with Crippen molar-refractivity contribution in [2.75, 3.05) is 0 Å². The van der Waals surface area contributed by atoms with E-state index in [-0.39, 0.29) is 0 Å². The van der Waals surface area contributed by atoms with Crippen LogP contribution < -0.4 is 0 Å². The van der Waals surface area contributed by atoms with E-state index in [9.17, 15) is 0 Å². The lowest BCUT2D eigenvalue weighted by Crippen LogP contribution is -2.07. The van der Waals surface area contributed by atoms with Crippen LogP contribution in [0.3, 0.4) is 0 Å². The molecule has 2 bridgehead atoms. The van der Waals surface area contributed by atoms with Crippen molar-refractivity contribution in [3.63, 3.8) is 0 Å². The molecule has 1 saturated carbocycles. The zero-order valence-electron chi connectivity index (χ0n) is 5.77. The van der Waals surface area contributed by atoms with Gasteiger partial charge in [-0.15, -0.1) is 5.16 Å². The highest BCUT2D eigenvalue weighted by Gasteiger charge is 2.34. The van der Waals surface area contributed by atoms with Crippen molar-refractivity contribution < 1.29 is 5.21 Å². The molecule has 0 aromatic rings. The summed E-state index contributed by atoms with van der Waals surface area (Å²) in [6.07, 6.45) is 8.67. The van der Waals surface area contributed by atoms with Gasteiger partial charge in [-0.1, -0.05) is 12.2 Å². The first-order valence-electron chi connectivity index (χ1n) is 3.76. The highest BCUT2D eigenvalue weighted by molar-refractivity contribution is 5.62. The van der Waals surface area contributed by atoms with Crippen molar-refractivity contribution in [1.82, 2.24) is 0 Å². The molecule has 2 nitrogen and oxygen atoms in total. The minimum atomic E-state index is 0.514. The fourth-order valence-corrected chi connectivity index (χ4v) is 2.08. The molecule has 3 atom stereocenters. The number of nitrogens with zero attached hydrogens (tertiary/aromatic N) is 1. The van der Waals surface area contributed by atoms with Crippen LogP contribution in [0.25, 0.3) is 0 Å². The van der Waals surface area contributed by atoms with E-state index in [1.165, 1.54) is 12.8 Å². The molecule has 2 aliphatic rings. The minimum absolute atomic E-state index is 0.514. The molecule has 54 valence electrons. The molecule has 2 aliphatic carbocycles. The molecule has 2 rings (SSSR count). The Hall–Kier alpha value is -0.790. The number of hydrogen-bond acceptors (Lipinski definition) is 2. The van der Waals surface area contributed by atoms with Crippen molar-refractivity contribution in [3.05, 3.63) is 12.2 Å². The first-order valence-corrected chi connectivity index (χ1v) is 3.76. The topological polar surface area (TPSA) is 32.6 Å². The van der Waals surface area contributed by atoms with Crippen LogP contribution in [-0.2, 0) is 0 Å². The van der Waals surface area contributed by atoms with Gasteiger partial charge in [0.15, 0.2) is 0 Å². The van der Waals surface area contributed by atoms with Crippen molar-refractivity contribution in [2.45, 2.75) is 12.8 Å². The Labute approximate surface area is 60.2 Å². The molecule has 0 aromatic heterocycles. The van der Waals surface area contributed by atoms with E-state index >= 15 is 0 Å². The van der Waals surface area contributed by atoms with Crippen LogP contribution in [0.1, 0.15) is 12.8 Å². The van der Waals surface area contributed by atoms with Crippen LogP contribution in [-0.4, -0.2) is 11.4 Å². The van der Waals surface area contributed by atoms with Crippen LogP contribution in [0.4, 0.5) is 0 Å². The highest BCUT2D eigenvalue weighted by Crippen LogP contribution is 2.42. The Morgan fingerprint density at radius 3 is 2.80 bits per heavy atom. The van der Waals surface area contributed by atoms with E-state index < -0.39 is 0 Å². The van der Waals surface area contributed by atoms with Crippen LogP contribution in [0.5, 0.6) is 0 Å². The average molecular weight is 137 g/mol. The highest BCUT2D eigenvalue weighted by atomic mass is 16.4. The van der Waals surface area contributed by atoms with Gasteiger partial charge < -0.3 is 5.21 Å². The monoisotopic (exact) mass is 137 g/mol. The second kappa shape index (κ2) is 2.11. The maximum Gasteiger partial charge on any atom is 0.0472 e. The van der Waals surface area contributed by atoms with E-state index in [1.54, 1.807) is 6.21 Å². The Bertz CT molecular complexity index is 186. The molecule has 2 heteroatoms. The third-order valence-electron chi connectivity index (χ3n) is 2.59. The van der Waals surface area contributed by atoms with Crippen LogP contribution in [0, 0.1) is 17.8 Å². The van der Waals surface area contributed by atoms with Gasteiger partial charge in [0.05, 0.1) is 0 Å². The first-order chi connectivity index (χ1) is 4.90. The summed E-state index contributed by atoms with van der Waals surface area (Å²) in [6.45, 7) is 0. The Kier molecular flexibility index (Phi) is 1.26. The van der Waals surface area contributed by atoms with Crippen LogP contribution in [0.2, 0.25) is 0 Å². The van der Waals surface area contributed by atoms with Gasteiger partial charge in [-0.3, -0.25) is 0 Å². The maximum absolute atomic E-state index is 8.30. The molecule has 0 spiro atoms. The molecule has 0 aromatic carbocycles. The molecule has 0 heterocycles. The van der Waals surface area contributed by atoms with Crippen molar-refractivity contribution in [2.24, 2.45) is 22.9 Å². The van der Waals surface area contributed by atoms with Crippen LogP contribution >= 0.6 is 0 Å². The van der Waals surface area contributed by atoms with Gasteiger partial charge in [0.25, 0.3) is 0 Å². The van der Waals surface area contributed by atoms with Gasteiger partial charge in [-0.2, -0.15) is 0 Å². The number of fused-ring (bicyclic) bond motifs is 2. The number of hydrogen-bond donors (Lipinski definition) is 1. The fraction of sp³-hybridized carbons (Fsp3) is 0.625. The summed E-state index contributed by atoms with van der Waals surface area (Å²) in [5.41, 5.74) is 0. The van der Waals surface area contributed by atoms with Gasteiger partial charge in [-0.25, -0.2) is 0 Å². The van der Waals surface area contributed by atoms with Crippen molar-refractivity contribution in [1.29, 1.82) is 0 Å². The summed E-state index contributed by atoms with van der Waals surface area (Å²) >= 11 is 0. The standard InChI is InChI=1S/C8H11NO/c10-9-5-8-4-6-1-2-7(8)3-6/h1-2,5-8,10H,3-4H2. The normalized spacial score (nSPS) is 43.8. The summed E-state index contributed by atoms with van der Waals surface area (Å²) < 4.78 is 0. The predicted molar refractivity (Wildman–Crippen MR) is 39.1 cm³/mol. The third-order valence-corrected chi connectivity index (χ3v) is 2.59. The molecule has 3 unspecified atom stereocenters. The number of allylic oxidation sites excluding steroid dienone is 2. The summed E-state index contributed by atoms with van der Waals surface area (Å²) in [6, 6.07) is 0. The SMILES string of the molecule is ON=CC1CC2C=CC1C2. The van der Waals surface area contributed by atoms with Gasteiger partial charge in [0, 0.05) is 12.1 Å². The van der Waals surface area contributed by atoms with Gasteiger partial charge >= 0.3 is 0 Å². The average Bonchev–Trinajstić information content (AvgIpc) is 2.48. The third kappa shape index (κ3) is 0.753. The van der Waals surface area contributed by atoms with E-state index in [1.807, 2.05) is 0 Å². The van der Waals surface area contributed by atoms with Gasteiger partial charge in [-0.05, 0) is 24.7 Å². The fourth-order valence-electron chi connectivity index (χ4n) is 2.08. The van der Waals surface area contributed by atoms with E-state index in [0.29, 0.717) is 11.8 Å². The van der Waals surface area contributed by atoms with Crippen LogP contribution in [0.15, 0.2) is 17.3 Å². The molecule has 0 aliphatic heterocycles. The smallest absolute Gasteiger partial charge is 0.0472 e. The van der Waals surface area contributed by atoms with E-state index in [2.05, 4.69) is 17.3 Å². The quantitative estimate of drug-likeness (QED) is 0.253. The summed E-state index contributed by atoms with van der Waals surface area (Å²) in [4.78, 5) is 0. The molecule has 0 radical (unpaired) electrons. The van der Waals surface area contributed by atoms with Crippen molar-refractivity contribution in [3.8, 4) is 0 Å². The molecule has 1 N–H and O–H groups in total. The Balaban J connectivity index is 2.09. The summed E-state index contributed by atoms with van der Waals surface area (Å²) in [5, 5.41) is 11.4. The largest absolute Gasteiger partial charge is 0.411 e. The Morgan fingerprint density at radius 2 is 2.30 bits per heavy atom. The lowest BCUT2D eigenvalue weighted by atomic mass is 9.95. The molecule has 0 amide bonds. The van der Waals surface area contributed by atoms with E-state index in [0.717, 1.165) is 5.92 Å². The predicted octanol–water partition coefficient (Wildman–Crippen LogP) is 1.66. The van der Waals surface area contributed by atoms with E-state index in [4.69, 9.17) is 5.21 Å². The summed E-state index contributed by atoms with van der Waals surface area (Å²) in [5.74, 6) is 1.95. The molecule has 10 heavy (non-hydrogen) atoms. The molecular formula is C8H11NO. The van der Waals surface area contributed by atoms with Crippen molar-refractivity contribution >= 4 is 6.21 Å².